The van der Waals surface area contributed by atoms with Crippen LogP contribution >= 0.6 is 11.3 Å². The van der Waals surface area contributed by atoms with Gasteiger partial charge in [0.1, 0.15) is 0 Å². The van der Waals surface area contributed by atoms with Gasteiger partial charge in [0.25, 0.3) is 5.91 Å². The SMILES string of the molecule is Cc1cc(C(=O)Nc2ccccc2N2CCN(CCc3ccncc3)CC2)c(C)n1Cc1cccs1. The summed E-state index contributed by atoms with van der Waals surface area (Å²) < 4.78 is 2.22. The van der Waals surface area contributed by atoms with Crippen molar-refractivity contribution in [1.29, 1.82) is 0 Å². The Bertz CT molecular complexity index is 1290. The van der Waals surface area contributed by atoms with E-state index in [2.05, 4.69) is 67.3 Å². The molecule has 1 fully saturated rings. The van der Waals surface area contributed by atoms with Crippen molar-refractivity contribution in [3.63, 3.8) is 0 Å². The first-order valence-electron chi connectivity index (χ1n) is 12.5. The van der Waals surface area contributed by atoms with E-state index in [1.807, 2.05) is 43.6 Å². The molecule has 1 N–H and O–H groups in total. The van der Waals surface area contributed by atoms with Crippen LogP contribution in [0.15, 0.2) is 72.4 Å². The third-order valence-electron chi connectivity index (χ3n) is 7.04. The molecule has 4 heterocycles. The van der Waals surface area contributed by atoms with E-state index in [-0.39, 0.29) is 5.91 Å². The molecule has 0 unspecified atom stereocenters. The van der Waals surface area contributed by atoms with Crippen LogP contribution in [0.25, 0.3) is 0 Å². The van der Waals surface area contributed by atoms with Crippen LogP contribution in [0.1, 0.15) is 32.2 Å². The molecule has 36 heavy (non-hydrogen) atoms. The molecule has 186 valence electrons. The highest BCUT2D eigenvalue weighted by Crippen LogP contribution is 2.28. The number of carbonyl (C=O) groups is 1. The van der Waals surface area contributed by atoms with Gasteiger partial charge in [-0.2, -0.15) is 0 Å². The molecule has 1 aliphatic heterocycles. The number of piperazine rings is 1. The molecule has 0 saturated carbocycles. The number of rotatable bonds is 8. The predicted octanol–water partition coefficient (Wildman–Crippen LogP) is 5.23. The number of hydrogen-bond donors (Lipinski definition) is 1. The van der Waals surface area contributed by atoms with E-state index in [0.29, 0.717) is 0 Å². The molecule has 7 heteroatoms. The zero-order valence-electron chi connectivity index (χ0n) is 21.0. The van der Waals surface area contributed by atoms with Crippen LogP contribution < -0.4 is 10.2 Å². The summed E-state index contributed by atoms with van der Waals surface area (Å²) in [6, 6.07) is 18.6. The van der Waals surface area contributed by atoms with Crippen LogP contribution in [-0.4, -0.2) is 53.1 Å². The maximum absolute atomic E-state index is 13.4. The lowest BCUT2D eigenvalue weighted by atomic mass is 10.1. The van der Waals surface area contributed by atoms with Crippen molar-refractivity contribution in [2.24, 2.45) is 0 Å². The highest BCUT2D eigenvalue weighted by molar-refractivity contribution is 7.09. The zero-order valence-corrected chi connectivity index (χ0v) is 21.8. The van der Waals surface area contributed by atoms with E-state index in [4.69, 9.17) is 0 Å². The molecule has 3 aromatic heterocycles. The minimum absolute atomic E-state index is 0.0519. The van der Waals surface area contributed by atoms with Crippen molar-refractivity contribution in [1.82, 2.24) is 14.5 Å². The van der Waals surface area contributed by atoms with Gasteiger partial charge >= 0.3 is 0 Å². The van der Waals surface area contributed by atoms with E-state index in [9.17, 15) is 4.79 Å². The van der Waals surface area contributed by atoms with Crippen molar-refractivity contribution < 1.29 is 4.79 Å². The Kier molecular flexibility index (Phi) is 7.49. The van der Waals surface area contributed by atoms with Gasteiger partial charge in [-0.3, -0.25) is 14.7 Å². The van der Waals surface area contributed by atoms with Gasteiger partial charge in [-0.05, 0) is 67.6 Å². The molecule has 0 radical (unpaired) electrons. The number of nitrogens with one attached hydrogen (secondary N) is 1. The predicted molar refractivity (Wildman–Crippen MR) is 148 cm³/mol. The Hall–Kier alpha value is -3.42. The van der Waals surface area contributed by atoms with Gasteiger partial charge in [-0.15, -0.1) is 11.3 Å². The summed E-state index contributed by atoms with van der Waals surface area (Å²) in [7, 11) is 0. The minimum Gasteiger partial charge on any atom is -0.367 e. The van der Waals surface area contributed by atoms with Gasteiger partial charge < -0.3 is 14.8 Å². The van der Waals surface area contributed by atoms with Gasteiger partial charge in [0.15, 0.2) is 0 Å². The van der Waals surface area contributed by atoms with Crippen LogP contribution in [0.5, 0.6) is 0 Å². The van der Waals surface area contributed by atoms with Crippen molar-refractivity contribution in [3.05, 3.63) is 99.8 Å². The first kappa shape index (κ1) is 24.3. The molecule has 1 amide bonds. The fraction of sp³-hybridized carbons (Fsp3) is 0.310. The first-order valence-corrected chi connectivity index (χ1v) is 13.4. The number of nitrogens with zero attached hydrogens (tertiary/aromatic N) is 4. The lowest BCUT2D eigenvalue weighted by molar-refractivity contribution is 0.102. The molecule has 6 nitrogen and oxygen atoms in total. The topological polar surface area (TPSA) is 53.4 Å². The highest BCUT2D eigenvalue weighted by atomic mass is 32.1. The smallest absolute Gasteiger partial charge is 0.257 e. The minimum atomic E-state index is -0.0519. The summed E-state index contributed by atoms with van der Waals surface area (Å²) in [5.74, 6) is -0.0519. The second kappa shape index (κ2) is 11.1. The Morgan fingerprint density at radius 1 is 1.00 bits per heavy atom. The summed E-state index contributed by atoms with van der Waals surface area (Å²) >= 11 is 1.74. The largest absolute Gasteiger partial charge is 0.367 e. The number of para-hydroxylation sites is 2. The summed E-state index contributed by atoms with van der Waals surface area (Å²) in [6.45, 7) is 9.86. The molecule has 0 atom stereocenters. The van der Waals surface area contributed by atoms with E-state index in [0.717, 1.165) is 74.0 Å². The second-order valence-corrected chi connectivity index (χ2v) is 10.4. The van der Waals surface area contributed by atoms with Crippen LogP contribution in [0.3, 0.4) is 0 Å². The number of carbonyl (C=O) groups excluding carboxylic acids is 1. The zero-order chi connectivity index (χ0) is 24.9. The van der Waals surface area contributed by atoms with Gasteiger partial charge in [0.2, 0.25) is 0 Å². The van der Waals surface area contributed by atoms with Gasteiger partial charge in [0.05, 0.1) is 23.5 Å². The number of aryl methyl sites for hydroxylation is 1. The summed E-state index contributed by atoms with van der Waals surface area (Å²) in [5, 5.41) is 5.30. The van der Waals surface area contributed by atoms with Crippen molar-refractivity contribution in [3.8, 4) is 0 Å². The monoisotopic (exact) mass is 499 g/mol. The van der Waals surface area contributed by atoms with Crippen molar-refractivity contribution in [2.45, 2.75) is 26.8 Å². The second-order valence-electron chi connectivity index (χ2n) is 9.36. The van der Waals surface area contributed by atoms with Gasteiger partial charge in [0, 0.05) is 61.4 Å². The van der Waals surface area contributed by atoms with Gasteiger partial charge in [-0.25, -0.2) is 0 Å². The maximum Gasteiger partial charge on any atom is 0.257 e. The number of amides is 1. The van der Waals surface area contributed by atoms with Crippen LogP contribution in [0, 0.1) is 13.8 Å². The molecule has 1 saturated heterocycles. The Morgan fingerprint density at radius 2 is 1.78 bits per heavy atom. The van der Waals surface area contributed by atoms with Gasteiger partial charge in [-0.1, -0.05) is 18.2 Å². The maximum atomic E-state index is 13.4. The summed E-state index contributed by atoms with van der Waals surface area (Å²) in [6.07, 6.45) is 4.76. The number of hydrogen-bond acceptors (Lipinski definition) is 5. The summed E-state index contributed by atoms with van der Waals surface area (Å²) in [4.78, 5) is 23.7. The molecule has 0 bridgehead atoms. The molecule has 5 rings (SSSR count). The number of thiophene rings is 1. The Labute approximate surface area is 217 Å². The molecular weight excluding hydrogens is 466 g/mol. The standard InChI is InChI=1S/C29H33N5OS/c1-22-20-26(23(2)34(22)21-25-6-5-19-36-25)29(35)31-27-7-3-4-8-28(27)33-17-15-32(16-18-33)14-11-24-9-12-30-13-10-24/h3-10,12-13,19-20H,11,14-18,21H2,1-2H3,(H,31,35). The molecule has 1 aromatic carbocycles. The highest BCUT2D eigenvalue weighted by Gasteiger charge is 2.21. The third kappa shape index (κ3) is 5.53. The summed E-state index contributed by atoms with van der Waals surface area (Å²) in [5.41, 5.74) is 6.12. The quantitative estimate of drug-likeness (QED) is 0.361. The number of anilines is 2. The van der Waals surface area contributed by atoms with Crippen molar-refractivity contribution >= 4 is 28.6 Å². The number of aromatic nitrogens is 2. The van der Waals surface area contributed by atoms with E-state index >= 15 is 0 Å². The van der Waals surface area contributed by atoms with Crippen LogP contribution in [0.4, 0.5) is 11.4 Å². The van der Waals surface area contributed by atoms with Crippen LogP contribution in [0.2, 0.25) is 0 Å². The molecular formula is C29H33N5OS. The number of pyridine rings is 1. The van der Waals surface area contributed by atoms with E-state index < -0.39 is 0 Å². The molecule has 0 aliphatic carbocycles. The average molecular weight is 500 g/mol. The van der Waals surface area contributed by atoms with E-state index in [1.54, 1.807) is 11.3 Å². The molecule has 0 spiro atoms. The van der Waals surface area contributed by atoms with Crippen molar-refractivity contribution in [2.75, 3.05) is 42.9 Å². The molecule has 4 aromatic rings. The lowest BCUT2D eigenvalue weighted by Crippen LogP contribution is -2.47. The fourth-order valence-corrected chi connectivity index (χ4v) is 5.62. The van der Waals surface area contributed by atoms with Crippen LogP contribution in [-0.2, 0) is 13.0 Å². The first-order chi connectivity index (χ1) is 17.6. The average Bonchev–Trinajstić information content (AvgIpc) is 3.53. The lowest BCUT2D eigenvalue weighted by Gasteiger charge is -2.37. The third-order valence-corrected chi connectivity index (χ3v) is 7.90. The molecule has 1 aliphatic rings. The normalized spacial score (nSPS) is 14.2. The van der Waals surface area contributed by atoms with E-state index in [1.165, 1.54) is 10.4 Å². The number of benzene rings is 1. The Morgan fingerprint density at radius 3 is 2.53 bits per heavy atom. The fourth-order valence-electron chi connectivity index (χ4n) is 4.93. The Balaban J connectivity index is 1.23.